The number of rotatable bonds is 5. The molecule has 1 amide bonds. The Kier molecular flexibility index (Phi) is 4.56. The van der Waals surface area contributed by atoms with Crippen molar-refractivity contribution in [1.82, 2.24) is 5.16 Å². The minimum Gasteiger partial charge on any atom is -0.497 e. The molecule has 0 spiro atoms. The van der Waals surface area contributed by atoms with E-state index in [1.165, 1.54) is 23.3 Å². The van der Waals surface area contributed by atoms with E-state index < -0.39 is 23.7 Å². The molecule has 2 aromatic heterocycles. The number of aromatic nitrogens is 1. The predicted octanol–water partition coefficient (Wildman–Crippen LogP) is 3.21. The number of carbonyl (C=O) groups excluding carboxylic acids is 3. The van der Waals surface area contributed by atoms with E-state index >= 15 is 0 Å². The number of thiophene rings is 1. The van der Waals surface area contributed by atoms with Crippen LogP contribution in [0, 0.1) is 12.8 Å². The molecule has 1 saturated heterocycles. The molecule has 1 aliphatic heterocycles. The lowest BCUT2D eigenvalue weighted by Gasteiger charge is -2.25. The number of carbonyl (C=O) groups is 3. The number of Topliss-reactive ketones (excluding diaryl/α,β-unsaturated/α-hetero) is 2. The SMILES string of the molecule is COc1cccc(C2C(C(=O)c3cccs3)C(=O)C(=O)N2c2cc(C)on2)c1. The van der Waals surface area contributed by atoms with Crippen molar-refractivity contribution < 1.29 is 23.6 Å². The van der Waals surface area contributed by atoms with Crippen LogP contribution in [-0.4, -0.2) is 29.7 Å². The summed E-state index contributed by atoms with van der Waals surface area (Å²) in [6.07, 6.45) is 0. The third-order valence-corrected chi connectivity index (χ3v) is 5.53. The number of amides is 1. The highest BCUT2D eigenvalue weighted by atomic mass is 32.1. The Morgan fingerprint density at radius 3 is 2.68 bits per heavy atom. The molecule has 142 valence electrons. The van der Waals surface area contributed by atoms with Crippen LogP contribution in [-0.2, 0) is 9.59 Å². The van der Waals surface area contributed by atoms with Gasteiger partial charge in [-0.25, -0.2) is 0 Å². The van der Waals surface area contributed by atoms with Crippen LogP contribution in [0.4, 0.5) is 5.82 Å². The fraction of sp³-hybridized carbons (Fsp3) is 0.200. The summed E-state index contributed by atoms with van der Waals surface area (Å²) in [6.45, 7) is 1.69. The zero-order valence-corrected chi connectivity index (χ0v) is 15.9. The first-order chi connectivity index (χ1) is 13.5. The molecule has 1 aromatic carbocycles. The third kappa shape index (κ3) is 2.91. The summed E-state index contributed by atoms with van der Waals surface area (Å²) >= 11 is 1.24. The van der Waals surface area contributed by atoms with Gasteiger partial charge in [0, 0.05) is 6.07 Å². The molecule has 28 heavy (non-hydrogen) atoms. The number of methoxy groups -OCH3 is 1. The van der Waals surface area contributed by atoms with Crippen LogP contribution in [0.15, 0.2) is 52.4 Å². The molecule has 0 radical (unpaired) electrons. The maximum absolute atomic E-state index is 13.1. The zero-order chi connectivity index (χ0) is 19.8. The highest BCUT2D eigenvalue weighted by Gasteiger charge is 2.53. The van der Waals surface area contributed by atoms with Gasteiger partial charge < -0.3 is 9.26 Å². The van der Waals surface area contributed by atoms with Crippen LogP contribution >= 0.6 is 11.3 Å². The van der Waals surface area contributed by atoms with Gasteiger partial charge in [0.25, 0.3) is 5.91 Å². The van der Waals surface area contributed by atoms with Gasteiger partial charge in [-0.05, 0) is 36.1 Å². The minimum absolute atomic E-state index is 0.199. The topological polar surface area (TPSA) is 89.7 Å². The standard InChI is InChI=1S/C20H16N2O5S/c1-11-9-15(21-27-11)22-17(12-5-3-6-13(10-12)26-2)16(19(24)20(22)25)18(23)14-7-4-8-28-14/h3-10,16-17H,1-2H3. The van der Waals surface area contributed by atoms with E-state index in [-0.39, 0.29) is 11.6 Å². The van der Waals surface area contributed by atoms with Crippen LogP contribution in [0.2, 0.25) is 0 Å². The van der Waals surface area contributed by atoms with Crippen molar-refractivity contribution in [3.05, 3.63) is 64.0 Å². The molecule has 4 rings (SSSR count). The molecule has 3 aromatic rings. The van der Waals surface area contributed by atoms with Gasteiger partial charge >= 0.3 is 0 Å². The Labute approximate surface area is 164 Å². The summed E-state index contributed by atoms with van der Waals surface area (Å²) < 4.78 is 10.4. The summed E-state index contributed by atoms with van der Waals surface area (Å²) in [5.41, 5.74) is 0.606. The normalized spacial score (nSPS) is 19.3. The second-order valence-corrected chi connectivity index (χ2v) is 7.32. The van der Waals surface area contributed by atoms with Crippen LogP contribution in [0.25, 0.3) is 0 Å². The quantitative estimate of drug-likeness (QED) is 0.374. The van der Waals surface area contributed by atoms with Crippen LogP contribution in [0.5, 0.6) is 5.75 Å². The Morgan fingerprint density at radius 1 is 1.21 bits per heavy atom. The van der Waals surface area contributed by atoms with Gasteiger partial charge in [0.15, 0.2) is 11.6 Å². The molecule has 0 bridgehead atoms. The molecule has 7 nitrogen and oxygen atoms in total. The summed E-state index contributed by atoms with van der Waals surface area (Å²) in [4.78, 5) is 40.5. The number of nitrogens with zero attached hydrogens (tertiary/aromatic N) is 2. The van der Waals surface area contributed by atoms with Crippen LogP contribution < -0.4 is 9.64 Å². The Balaban J connectivity index is 1.87. The van der Waals surface area contributed by atoms with Gasteiger partial charge in [0.05, 0.1) is 18.0 Å². The highest BCUT2D eigenvalue weighted by molar-refractivity contribution is 7.12. The molecule has 8 heteroatoms. The van der Waals surface area contributed by atoms with Gasteiger partial charge in [0.1, 0.15) is 17.4 Å². The van der Waals surface area contributed by atoms with E-state index in [0.29, 0.717) is 22.0 Å². The van der Waals surface area contributed by atoms with E-state index in [4.69, 9.17) is 9.26 Å². The van der Waals surface area contributed by atoms with Crippen molar-refractivity contribution >= 4 is 34.6 Å². The second-order valence-electron chi connectivity index (χ2n) is 6.38. The fourth-order valence-electron chi connectivity index (χ4n) is 3.39. The molecule has 0 saturated carbocycles. The minimum atomic E-state index is -1.17. The van der Waals surface area contributed by atoms with E-state index in [9.17, 15) is 14.4 Å². The molecule has 2 unspecified atom stereocenters. The van der Waals surface area contributed by atoms with Gasteiger partial charge in [-0.15, -0.1) is 11.3 Å². The van der Waals surface area contributed by atoms with Crippen molar-refractivity contribution in [1.29, 1.82) is 0 Å². The largest absolute Gasteiger partial charge is 0.497 e. The first-order valence-electron chi connectivity index (χ1n) is 8.53. The van der Waals surface area contributed by atoms with Gasteiger partial charge in [-0.1, -0.05) is 23.4 Å². The number of aryl methyl sites for hydroxylation is 1. The number of hydrogen-bond donors (Lipinski definition) is 0. The first-order valence-corrected chi connectivity index (χ1v) is 9.41. The van der Waals surface area contributed by atoms with Crippen LogP contribution in [0.3, 0.4) is 0 Å². The number of ketones is 2. The molecule has 0 N–H and O–H groups in total. The highest BCUT2D eigenvalue weighted by Crippen LogP contribution is 2.42. The molecular formula is C20H16N2O5S. The lowest BCUT2D eigenvalue weighted by Crippen LogP contribution is -2.30. The monoisotopic (exact) mass is 396 g/mol. The number of ether oxygens (including phenoxy) is 1. The van der Waals surface area contributed by atoms with Gasteiger partial charge in [0.2, 0.25) is 5.78 Å². The smallest absolute Gasteiger partial charge is 0.297 e. The maximum Gasteiger partial charge on any atom is 0.297 e. The molecule has 2 atom stereocenters. The fourth-order valence-corrected chi connectivity index (χ4v) is 4.09. The first kappa shape index (κ1) is 18.1. The molecular weight excluding hydrogens is 380 g/mol. The van der Waals surface area contributed by atoms with E-state index in [2.05, 4.69) is 5.16 Å². The zero-order valence-electron chi connectivity index (χ0n) is 15.1. The van der Waals surface area contributed by atoms with Crippen molar-refractivity contribution in [2.45, 2.75) is 13.0 Å². The maximum atomic E-state index is 13.1. The average molecular weight is 396 g/mol. The Hall–Kier alpha value is -3.26. The van der Waals surface area contributed by atoms with E-state index in [0.717, 1.165) is 0 Å². The van der Waals surface area contributed by atoms with Crippen molar-refractivity contribution in [2.24, 2.45) is 5.92 Å². The van der Waals surface area contributed by atoms with Crippen molar-refractivity contribution in [3.63, 3.8) is 0 Å². The van der Waals surface area contributed by atoms with Gasteiger partial charge in [-0.2, -0.15) is 0 Å². The van der Waals surface area contributed by atoms with Crippen molar-refractivity contribution in [3.8, 4) is 5.75 Å². The predicted molar refractivity (Wildman–Crippen MR) is 102 cm³/mol. The number of benzene rings is 1. The molecule has 3 heterocycles. The molecule has 1 aliphatic rings. The van der Waals surface area contributed by atoms with Crippen LogP contribution in [0.1, 0.15) is 27.0 Å². The number of hydrogen-bond acceptors (Lipinski definition) is 7. The Bertz CT molecular complexity index is 1060. The summed E-state index contributed by atoms with van der Waals surface area (Å²) in [5.74, 6) is -1.84. The molecule has 0 aliphatic carbocycles. The van der Waals surface area contributed by atoms with Crippen molar-refractivity contribution in [2.75, 3.05) is 12.0 Å². The second kappa shape index (κ2) is 7.05. The van der Waals surface area contributed by atoms with E-state index in [1.807, 2.05) is 0 Å². The average Bonchev–Trinajstić information content (AvgIpc) is 3.43. The summed E-state index contributed by atoms with van der Waals surface area (Å²) in [6, 6.07) is 11.1. The Morgan fingerprint density at radius 2 is 2.04 bits per heavy atom. The summed E-state index contributed by atoms with van der Waals surface area (Å²) in [7, 11) is 1.52. The van der Waals surface area contributed by atoms with E-state index in [1.54, 1.807) is 54.8 Å². The molecule has 1 fully saturated rings. The summed E-state index contributed by atoms with van der Waals surface area (Å²) in [5, 5.41) is 5.65. The lowest BCUT2D eigenvalue weighted by atomic mass is 9.88. The van der Waals surface area contributed by atoms with Gasteiger partial charge in [-0.3, -0.25) is 19.3 Å². The number of anilines is 1. The lowest BCUT2D eigenvalue weighted by molar-refractivity contribution is -0.135. The third-order valence-electron chi connectivity index (χ3n) is 4.65.